The zero-order chi connectivity index (χ0) is 13.5. The van der Waals surface area contributed by atoms with Crippen molar-refractivity contribution in [2.45, 2.75) is 38.5 Å². The van der Waals surface area contributed by atoms with E-state index in [1.54, 1.807) is 0 Å². The summed E-state index contributed by atoms with van der Waals surface area (Å²) in [5, 5.41) is 3.87. The van der Waals surface area contributed by atoms with E-state index in [4.69, 9.17) is 0 Å². The predicted molar refractivity (Wildman–Crippen MR) is 75.1 cm³/mol. The Balaban J connectivity index is 2.66. The number of benzene rings is 1. The van der Waals surface area contributed by atoms with Crippen LogP contribution in [0.5, 0.6) is 0 Å². The largest absolute Gasteiger partial charge is 0.313 e. The van der Waals surface area contributed by atoms with Crippen molar-refractivity contribution >= 4 is 11.8 Å². The minimum absolute atomic E-state index is 0.179. The molecule has 0 amide bonds. The fourth-order valence-corrected chi connectivity index (χ4v) is 2.61. The lowest BCUT2D eigenvalue weighted by molar-refractivity contribution is 0.537. The standard InChI is InChI=1S/C14H21F2NS/c1-4-17-13(9-18-10(2)3)8-11-7-12(15)5-6-14(11)16/h5-7,10,13,17H,4,8-9H2,1-3H3. The zero-order valence-corrected chi connectivity index (χ0v) is 12.0. The van der Waals surface area contributed by atoms with Crippen LogP contribution < -0.4 is 5.32 Å². The fraction of sp³-hybridized carbons (Fsp3) is 0.571. The van der Waals surface area contributed by atoms with E-state index < -0.39 is 0 Å². The van der Waals surface area contributed by atoms with Crippen molar-refractivity contribution in [2.75, 3.05) is 12.3 Å². The summed E-state index contributed by atoms with van der Waals surface area (Å²) in [6.07, 6.45) is 0.525. The lowest BCUT2D eigenvalue weighted by Crippen LogP contribution is -2.34. The van der Waals surface area contributed by atoms with Crippen LogP contribution in [0, 0.1) is 11.6 Å². The Morgan fingerprint density at radius 3 is 2.61 bits per heavy atom. The molecule has 1 nitrogen and oxygen atoms in total. The molecular formula is C14H21F2NS. The van der Waals surface area contributed by atoms with E-state index in [1.807, 2.05) is 18.7 Å². The first-order valence-electron chi connectivity index (χ1n) is 6.31. The SMILES string of the molecule is CCNC(CSC(C)C)Cc1cc(F)ccc1F. The van der Waals surface area contributed by atoms with Crippen molar-refractivity contribution in [1.82, 2.24) is 5.32 Å². The molecule has 0 heterocycles. The molecule has 0 saturated carbocycles. The molecule has 0 bridgehead atoms. The second kappa shape index (κ2) is 7.74. The summed E-state index contributed by atoms with van der Waals surface area (Å²) in [5.41, 5.74) is 0.449. The molecular weight excluding hydrogens is 252 g/mol. The third-order valence-corrected chi connectivity index (χ3v) is 3.86. The maximum Gasteiger partial charge on any atom is 0.126 e. The fourth-order valence-electron chi connectivity index (χ4n) is 1.75. The molecule has 1 N–H and O–H groups in total. The minimum atomic E-state index is -0.377. The van der Waals surface area contributed by atoms with Gasteiger partial charge in [-0.3, -0.25) is 0 Å². The summed E-state index contributed by atoms with van der Waals surface area (Å²) in [6, 6.07) is 3.83. The van der Waals surface area contributed by atoms with Gasteiger partial charge in [-0.2, -0.15) is 11.8 Å². The molecule has 18 heavy (non-hydrogen) atoms. The van der Waals surface area contributed by atoms with Gasteiger partial charge in [-0.1, -0.05) is 20.8 Å². The van der Waals surface area contributed by atoms with Crippen LogP contribution in [0.3, 0.4) is 0 Å². The van der Waals surface area contributed by atoms with Crippen molar-refractivity contribution < 1.29 is 8.78 Å². The molecule has 1 atom stereocenters. The van der Waals surface area contributed by atoms with Crippen LogP contribution in [-0.4, -0.2) is 23.6 Å². The number of likely N-dealkylation sites (N-methyl/N-ethyl adjacent to an activating group) is 1. The Hall–Kier alpha value is -0.610. The van der Waals surface area contributed by atoms with Crippen LogP contribution >= 0.6 is 11.8 Å². The number of nitrogens with one attached hydrogen (secondary N) is 1. The van der Waals surface area contributed by atoms with Gasteiger partial charge in [0.2, 0.25) is 0 Å². The van der Waals surface area contributed by atoms with Crippen molar-refractivity contribution in [2.24, 2.45) is 0 Å². The molecule has 0 aliphatic heterocycles. The van der Waals surface area contributed by atoms with Gasteiger partial charge in [0.25, 0.3) is 0 Å². The summed E-state index contributed by atoms with van der Waals surface area (Å²) in [7, 11) is 0. The van der Waals surface area contributed by atoms with Gasteiger partial charge < -0.3 is 5.32 Å². The number of hydrogen-bond acceptors (Lipinski definition) is 2. The Kier molecular flexibility index (Phi) is 6.65. The van der Waals surface area contributed by atoms with Gasteiger partial charge >= 0.3 is 0 Å². The molecule has 1 aromatic rings. The average molecular weight is 273 g/mol. The molecule has 1 rings (SSSR count). The van der Waals surface area contributed by atoms with E-state index in [9.17, 15) is 8.78 Å². The highest BCUT2D eigenvalue weighted by Crippen LogP contribution is 2.16. The summed E-state index contributed by atoms with van der Waals surface area (Å²) in [4.78, 5) is 0. The second-order valence-electron chi connectivity index (χ2n) is 4.58. The molecule has 0 aliphatic rings. The first kappa shape index (κ1) is 15.4. The zero-order valence-electron chi connectivity index (χ0n) is 11.2. The first-order valence-corrected chi connectivity index (χ1v) is 7.36. The predicted octanol–water partition coefficient (Wildman–Crippen LogP) is 3.63. The van der Waals surface area contributed by atoms with Gasteiger partial charge in [0, 0.05) is 11.8 Å². The summed E-state index contributed by atoms with van der Waals surface area (Å²) < 4.78 is 26.7. The van der Waals surface area contributed by atoms with E-state index in [0.717, 1.165) is 18.4 Å². The van der Waals surface area contributed by atoms with Crippen molar-refractivity contribution in [3.63, 3.8) is 0 Å². The van der Waals surface area contributed by atoms with Crippen LogP contribution in [0.2, 0.25) is 0 Å². The summed E-state index contributed by atoms with van der Waals surface area (Å²) in [5.74, 6) is 0.202. The van der Waals surface area contributed by atoms with Crippen LogP contribution in [0.4, 0.5) is 8.78 Å². The molecule has 0 fully saturated rings. The van der Waals surface area contributed by atoms with E-state index in [0.29, 0.717) is 17.2 Å². The van der Waals surface area contributed by atoms with Crippen molar-refractivity contribution in [3.05, 3.63) is 35.4 Å². The van der Waals surface area contributed by atoms with Gasteiger partial charge in [0.05, 0.1) is 0 Å². The highest BCUT2D eigenvalue weighted by atomic mass is 32.2. The first-order chi connectivity index (χ1) is 8.52. The molecule has 4 heteroatoms. The third-order valence-electron chi connectivity index (χ3n) is 2.60. The van der Waals surface area contributed by atoms with Crippen molar-refractivity contribution in [1.29, 1.82) is 0 Å². The third kappa shape index (κ3) is 5.36. The maximum atomic E-state index is 13.6. The van der Waals surface area contributed by atoms with E-state index in [1.165, 1.54) is 12.1 Å². The quantitative estimate of drug-likeness (QED) is 0.814. The maximum absolute atomic E-state index is 13.6. The van der Waals surface area contributed by atoms with E-state index in [-0.39, 0.29) is 17.7 Å². The average Bonchev–Trinajstić information content (AvgIpc) is 2.31. The van der Waals surface area contributed by atoms with E-state index >= 15 is 0 Å². The summed E-state index contributed by atoms with van der Waals surface area (Å²) in [6.45, 7) is 7.13. The van der Waals surface area contributed by atoms with Gasteiger partial charge in [0.1, 0.15) is 11.6 Å². The molecule has 0 aliphatic carbocycles. The normalized spacial score (nSPS) is 13.0. The van der Waals surface area contributed by atoms with Crippen molar-refractivity contribution in [3.8, 4) is 0 Å². The number of rotatable bonds is 7. The molecule has 0 spiro atoms. The monoisotopic (exact) mass is 273 g/mol. The van der Waals surface area contributed by atoms with Crippen LogP contribution in [0.15, 0.2) is 18.2 Å². The highest BCUT2D eigenvalue weighted by Gasteiger charge is 2.13. The lowest BCUT2D eigenvalue weighted by atomic mass is 10.1. The second-order valence-corrected chi connectivity index (χ2v) is 6.19. The molecule has 1 unspecified atom stereocenters. The Morgan fingerprint density at radius 1 is 1.28 bits per heavy atom. The number of halogens is 2. The Bertz CT molecular complexity index is 369. The number of thioether (sulfide) groups is 1. The van der Waals surface area contributed by atoms with Crippen LogP contribution in [0.1, 0.15) is 26.3 Å². The molecule has 0 aromatic heterocycles. The Labute approximate surface area is 112 Å². The molecule has 102 valence electrons. The highest BCUT2D eigenvalue weighted by molar-refractivity contribution is 7.99. The Morgan fingerprint density at radius 2 is 2.00 bits per heavy atom. The van der Waals surface area contributed by atoms with E-state index in [2.05, 4.69) is 19.2 Å². The molecule has 1 aromatic carbocycles. The van der Waals surface area contributed by atoms with Gasteiger partial charge in [-0.05, 0) is 42.0 Å². The molecule has 0 radical (unpaired) electrons. The van der Waals surface area contributed by atoms with Gasteiger partial charge in [-0.25, -0.2) is 8.78 Å². The lowest BCUT2D eigenvalue weighted by Gasteiger charge is -2.19. The van der Waals surface area contributed by atoms with Gasteiger partial charge in [0.15, 0.2) is 0 Å². The minimum Gasteiger partial charge on any atom is -0.313 e. The van der Waals surface area contributed by atoms with Crippen LogP contribution in [-0.2, 0) is 6.42 Å². The van der Waals surface area contributed by atoms with Gasteiger partial charge in [-0.15, -0.1) is 0 Å². The molecule has 0 saturated heterocycles. The van der Waals surface area contributed by atoms with Crippen LogP contribution in [0.25, 0.3) is 0 Å². The number of hydrogen-bond donors (Lipinski definition) is 1. The summed E-state index contributed by atoms with van der Waals surface area (Å²) >= 11 is 1.83. The topological polar surface area (TPSA) is 12.0 Å². The smallest absolute Gasteiger partial charge is 0.126 e.